The first kappa shape index (κ1) is 14.8. The van der Waals surface area contributed by atoms with Crippen LogP contribution in [0.2, 0.25) is 0 Å². The lowest BCUT2D eigenvalue weighted by Gasteiger charge is -2.10. The highest BCUT2D eigenvalue weighted by Crippen LogP contribution is 2.31. The molecule has 2 aromatic rings. The van der Waals surface area contributed by atoms with Crippen LogP contribution in [0.25, 0.3) is 0 Å². The molecule has 0 aliphatic heterocycles. The van der Waals surface area contributed by atoms with Crippen molar-refractivity contribution in [3.63, 3.8) is 0 Å². The Morgan fingerprint density at radius 1 is 1.16 bits per heavy atom. The number of phenolic OH excluding ortho intramolecular Hbond substituents is 1. The fourth-order valence-corrected chi connectivity index (χ4v) is 3.18. The SMILES string of the molecule is O=C(Nc1c(Br)cccc1Br)c1cc(I)ccc1O. The lowest BCUT2D eigenvalue weighted by molar-refractivity contribution is 0.102. The first-order chi connectivity index (χ1) is 8.99. The van der Waals surface area contributed by atoms with E-state index < -0.39 is 0 Å². The third kappa shape index (κ3) is 3.49. The Morgan fingerprint density at radius 2 is 1.79 bits per heavy atom. The molecule has 0 aromatic heterocycles. The third-order valence-electron chi connectivity index (χ3n) is 2.40. The van der Waals surface area contributed by atoms with Crippen LogP contribution in [0.3, 0.4) is 0 Å². The maximum atomic E-state index is 12.2. The zero-order valence-electron chi connectivity index (χ0n) is 9.45. The summed E-state index contributed by atoms with van der Waals surface area (Å²) >= 11 is 8.84. The first-order valence-electron chi connectivity index (χ1n) is 5.23. The lowest BCUT2D eigenvalue weighted by atomic mass is 10.2. The van der Waals surface area contributed by atoms with E-state index >= 15 is 0 Å². The highest BCUT2D eigenvalue weighted by molar-refractivity contribution is 14.1. The molecule has 3 nitrogen and oxygen atoms in total. The van der Waals surface area contributed by atoms with Crippen molar-refractivity contribution in [2.24, 2.45) is 0 Å². The smallest absolute Gasteiger partial charge is 0.259 e. The largest absolute Gasteiger partial charge is 0.507 e. The minimum absolute atomic E-state index is 0.0407. The molecule has 1 amide bonds. The van der Waals surface area contributed by atoms with Crippen molar-refractivity contribution in [2.75, 3.05) is 5.32 Å². The van der Waals surface area contributed by atoms with Crippen LogP contribution in [0.4, 0.5) is 5.69 Å². The predicted molar refractivity (Wildman–Crippen MR) is 90.6 cm³/mol. The Labute approximate surface area is 140 Å². The van der Waals surface area contributed by atoms with Crippen molar-refractivity contribution in [1.82, 2.24) is 0 Å². The summed E-state index contributed by atoms with van der Waals surface area (Å²) in [5, 5.41) is 12.5. The van der Waals surface area contributed by atoms with E-state index in [2.05, 4.69) is 59.8 Å². The summed E-state index contributed by atoms with van der Waals surface area (Å²) in [6, 6.07) is 10.4. The molecule has 0 heterocycles. The van der Waals surface area contributed by atoms with E-state index in [-0.39, 0.29) is 17.2 Å². The summed E-state index contributed by atoms with van der Waals surface area (Å²) in [6.45, 7) is 0. The second kappa shape index (κ2) is 6.23. The van der Waals surface area contributed by atoms with Gasteiger partial charge in [0, 0.05) is 12.5 Å². The number of carbonyl (C=O) groups excluding carboxylic acids is 1. The second-order valence-electron chi connectivity index (χ2n) is 3.71. The molecule has 0 fully saturated rings. The van der Waals surface area contributed by atoms with Gasteiger partial charge in [0.1, 0.15) is 5.75 Å². The molecular weight excluding hydrogens is 489 g/mol. The van der Waals surface area contributed by atoms with Gasteiger partial charge >= 0.3 is 0 Å². The topological polar surface area (TPSA) is 49.3 Å². The summed E-state index contributed by atoms with van der Waals surface area (Å²) in [6.07, 6.45) is 0. The van der Waals surface area contributed by atoms with E-state index in [4.69, 9.17) is 0 Å². The zero-order chi connectivity index (χ0) is 14.0. The number of carbonyl (C=O) groups is 1. The van der Waals surface area contributed by atoms with Gasteiger partial charge in [0.15, 0.2) is 0 Å². The summed E-state index contributed by atoms with van der Waals surface area (Å²) in [4.78, 5) is 12.2. The molecule has 0 unspecified atom stereocenters. The molecule has 0 aliphatic rings. The number of anilines is 1. The fraction of sp³-hybridized carbons (Fsp3) is 0. The molecule has 0 radical (unpaired) electrons. The molecule has 0 atom stereocenters. The molecular formula is C13H8Br2INO2. The number of amides is 1. The normalized spacial score (nSPS) is 10.3. The van der Waals surface area contributed by atoms with Crippen LogP contribution in [-0.2, 0) is 0 Å². The van der Waals surface area contributed by atoms with Gasteiger partial charge in [-0.1, -0.05) is 6.07 Å². The van der Waals surface area contributed by atoms with Crippen LogP contribution in [0.5, 0.6) is 5.75 Å². The number of nitrogens with one attached hydrogen (secondary N) is 1. The summed E-state index contributed by atoms with van der Waals surface area (Å²) in [5.41, 5.74) is 0.875. The average molecular weight is 497 g/mol. The minimum atomic E-state index is -0.358. The highest BCUT2D eigenvalue weighted by atomic mass is 127. The molecule has 6 heteroatoms. The molecule has 19 heavy (non-hydrogen) atoms. The molecule has 98 valence electrons. The number of halogens is 3. The van der Waals surface area contributed by atoms with Crippen molar-refractivity contribution in [2.45, 2.75) is 0 Å². The van der Waals surface area contributed by atoms with Gasteiger partial charge in [-0.05, 0) is 84.8 Å². The number of hydrogen-bond acceptors (Lipinski definition) is 2. The molecule has 0 saturated heterocycles. The average Bonchev–Trinajstić information content (AvgIpc) is 2.37. The van der Waals surface area contributed by atoms with Crippen molar-refractivity contribution in [1.29, 1.82) is 0 Å². The van der Waals surface area contributed by atoms with E-state index in [1.54, 1.807) is 12.1 Å². The number of phenols is 1. The third-order valence-corrected chi connectivity index (χ3v) is 4.40. The molecule has 2 aromatic carbocycles. The van der Waals surface area contributed by atoms with Crippen molar-refractivity contribution in [3.05, 3.63) is 54.5 Å². The predicted octanol–water partition coefficient (Wildman–Crippen LogP) is 4.77. The van der Waals surface area contributed by atoms with E-state index in [1.165, 1.54) is 6.07 Å². The maximum Gasteiger partial charge on any atom is 0.259 e. The monoisotopic (exact) mass is 495 g/mol. The number of benzene rings is 2. The van der Waals surface area contributed by atoms with Gasteiger partial charge in [0.05, 0.1) is 11.3 Å². The Morgan fingerprint density at radius 3 is 2.42 bits per heavy atom. The Balaban J connectivity index is 2.34. The summed E-state index contributed by atoms with van der Waals surface area (Å²) in [5.74, 6) is -0.398. The van der Waals surface area contributed by atoms with Crippen LogP contribution >= 0.6 is 54.5 Å². The van der Waals surface area contributed by atoms with Gasteiger partial charge < -0.3 is 10.4 Å². The Bertz CT molecular complexity index is 626. The van der Waals surface area contributed by atoms with Gasteiger partial charge in [0.25, 0.3) is 5.91 Å². The van der Waals surface area contributed by atoms with E-state index in [9.17, 15) is 9.90 Å². The van der Waals surface area contributed by atoms with E-state index in [0.29, 0.717) is 5.69 Å². The Kier molecular flexibility index (Phi) is 4.86. The highest BCUT2D eigenvalue weighted by Gasteiger charge is 2.14. The van der Waals surface area contributed by atoms with Crippen molar-refractivity contribution < 1.29 is 9.90 Å². The lowest BCUT2D eigenvalue weighted by Crippen LogP contribution is -2.13. The van der Waals surface area contributed by atoms with Crippen LogP contribution in [0.15, 0.2) is 45.3 Å². The molecule has 0 saturated carbocycles. The number of rotatable bonds is 2. The van der Waals surface area contributed by atoms with E-state index in [0.717, 1.165) is 12.5 Å². The van der Waals surface area contributed by atoms with Gasteiger partial charge in [-0.3, -0.25) is 4.79 Å². The molecule has 0 bridgehead atoms. The van der Waals surface area contributed by atoms with E-state index in [1.807, 2.05) is 18.2 Å². The number of para-hydroxylation sites is 1. The van der Waals surface area contributed by atoms with Crippen LogP contribution in [0.1, 0.15) is 10.4 Å². The van der Waals surface area contributed by atoms with Crippen molar-refractivity contribution in [3.8, 4) is 5.75 Å². The molecule has 2 rings (SSSR count). The maximum absolute atomic E-state index is 12.2. The number of hydrogen-bond donors (Lipinski definition) is 2. The summed E-state index contributed by atoms with van der Waals surface area (Å²) < 4.78 is 2.41. The molecule has 0 aliphatic carbocycles. The van der Waals surface area contributed by atoms with Crippen LogP contribution < -0.4 is 5.32 Å². The number of aromatic hydroxyl groups is 1. The van der Waals surface area contributed by atoms with Crippen molar-refractivity contribution >= 4 is 66.0 Å². The standard InChI is InChI=1S/C13H8Br2INO2/c14-9-2-1-3-10(15)12(9)17-13(19)8-6-7(16)4-5-11(8)18/h1-6,18H,(H,17,19). The summed E-state index contributed by atoms with van der Waals surface area (Å²) in [7, 11) is 0. The quantitative estimate of drug-likeness (QED) is 0.588. The fourth-order valence-electron chi connectivity index (χ4n) is 1.49. The first-order valence-corrected chi connectivity index (χ1v) is 7.89. The van der Waals surface area contributed by atoms with Crippen LogP contribution in [0, 0.1) is 3.57 Å². The molecule has 2 N–H and O–H groups in total. The zero-order valence-corrected chi connectivity index (χ0v) is 14.8. The van der Waals surface area contributed by atoms with Gasteiger partial charge in [-0.15, -0.1) is 0 Å². The van der Waals surface area contributed by atoms with Gasteiger partial charge in [0.2, 0.25) is 0 Å². The molecule has 0 spiro atoms. The van der Waals surface area contributed by atoms with Gasteiger partial charge in [-0.2, -0.15) is 0 Å². The Hall–Kier alpha value is -0.600. The van der Waals surface area contributed by atoms with Crippen LogP contribution in [-0.4, -0.2) is 11.0 Å². The van der Waals surface area contributed by atoms with Gasteiger partial charge in [-0.25, -0.2) is 0 Å². The minimum Gasteiger partial charge on any atom is -0.507 e. The second-order valence-corrected chi connectivity index (χ2v) is 6.67.